The maximum atomic E-state index is 9.96. The van der Waals surface area contributed by atoms with Crippen molar-refractivity contribution in [2.75, 3.05) is 49.9 Å². The van der Waals surface area contributed by atoms with E-state index in [2.05, 4.69) is 50.2 Å². The van der Waals surface area contributed by atoms with Gasteiger partial charge in [-0.05, 0) is 147 Å². The topological polar surface area (TPSA) is 141 Å². The van der Waals surface area contributed by atoms with Crippen molar-refractivity contribution in [2.45, 2.75) is 37.5 Å². The van der Waals surface area contributed by atoms with Gasteiger partial charge in [0.15, 0.2) is 16.8 Å². The van der Waals surface area contributed by atoms with Crippen molar-refractivity contribution in [1.29, 1.82) is 0 Å². The zero-order chi connectivity index (χ0) is 45.2. The van der Waals surface area contributed by atoms with Gasteiger partial charge >= 0.3 is 0 Å². The van der Waals surface area contributed by atoms with Crippen LogP contribution in [0.2, 0.25) is 0 Å². The molecule has 0 unspecified atom stereocenters. The molecule has 0 saturated carbocycles. The molecule has 8 aromatic rings. The first kappa shape index (κ1) is 43.9. The zero-order valence-electron chi connectivity index (χ0n) is 36.1. The number of hydrogen-bond acceptors (Lipinski definition) is 10. The molecule has 0 aliphatic carbocycles. The number of fused-ring (bicyclic) bond motifs is 2. The number of nitrogen functional groups attached to an aromatic ring is 1. The monoisotopic (exact) mass is 893 g/mol. The molecule has 2 aliphatic rings. The number of para-hydroxylation sites is 2. The number of benzene rings is 4. The summed E-state index contributed by atoms with van der Waals surface area (Å²) in [7, 11) is -1.00. The molecule has 0 radical (unpaired) electrons. The summed E-state index contributed by atoms with van der Waals surface area (Å²) >= 11 is 10.1. The van der Waals surface area contributed by atoms with Gasteiger partial charge in [-0.15, -0.1) is 10.2 Å². The van der Waals surface area contributed by atoms with Gasteiger partial charge in [0.1, 0.15) is 0 Å². The molecular formula is C49H49FN10O2S2. The number of halogens is 1. The highest BCUT2D eigenvalue weighted by molar-refractivity contribution is 7.80. The van der Waals surface area contributed by atoms with Crippen LogP contribution >= 0.6 is 24.4 Å². The van der Waals surface area contributed by atoms with Gasteiger partial charge in [-0.3, -0.25) is 4.39 Å². The molecular weight excluding hydrogens is 844 g/mol. The molecule has 4 aromatic heterocycles. The average Bonchev–Trinajstić information content (AvgIpc) is 4.04. The predicted octanol–water partition coefficient (Wildman–Crippen LogP) is 11.0. The molecule has 326 valence electrons. The molecule has 4 N–H and O–H groups in total. The quantitative estimate of drug-likeness (QED) is 0.0800. The Labute approximate surface area is 383 Å². The molecule has 2 fully saturated rings. The molecule has 2 saturated heterocycles. The van der Waals surface area contributed by atoms with Crippen molar-refractivity contribution < 1.29 is 15.2 Å². The third kappa shape index (κ3) is 12.0. The van der Waals surface area contributed by atoms with E-state index in [0.29, 0.717) is 16.9 Å². The molecule has 0 atom stereocenters. The van der Waals surface area contributed by atoms with Crippen LogP contribution in [0.15, 0.2) is 151 Å². The summed E-state index contributed by atoms with van der Waals surface area (Å²) in [5, 5.41) is 18.7. The van der Waals surface area contributed by atoms with Crippen molar-refractivity contribution in [3.8, 4) is 22.8 Å². The average molecular weight is 894 g/mol. The fourth-order valence-corrected chi connectivity index (χ4v) is 7.75. The number of rotatable bonds is 7. The van der Waals surface area contributed by atoms with Gasteiger partial charge in [0.05, 0.1) is 41.8 Å². The van der Waals surface area contributed by atoms with E-state index < -0.39 is 7.15 Å². The summed E-state index contributed by atoms with van der Waals surface area (Å²) in [5.74, 6) is 2.26. The van der Waals surface area contributed by atoms with E-state index in [1.807, 2.05) is 143 Å². The lowest BCUT2D eigenvalue weighted by Gasteiger charge is -2.22. The third-order valence-electron chi connectivity index (χ3n) is 10.6. The van der Waals surface area contributed by atoms with E-state index in [1.54, 1.807) is 0 Å². The number of nitrogens with one attached hydrogen (secondary N) is 2. The van der Waals surface area contributed by atoms with Crippen molar-refractivity contribution in [3.05, 3.63) is 157 Å². The number of alkyl halides is 1. The van der Waals surface area contributed by atoms with Gasteiger partial charge in [0.25, 0.3) is 0 Å². The van der Waals surface area contributed by atoms with Crippen LogP contribution in [0.3, 0.4) is 0 Å². The lowest BCUT2D eigenvalue weighted by Crippen LogP contribution is -2.18. The molecule has 0 amide bonds. The van der Waals surface area contributed by atoms with Crippen LogP contribution in [-0.4, -0.2) is 73.1 Å². The second-order valence-corrected chi connectivity index (χ2v) is 15.4. The largest absolute Gasteiger partial charge is 0.399 e. The molecule has 6 heterocycles. The number of anilines is 3. The molecule has 4 aromatic carbocycles. The summed E-state index contributed by atoms with van der Waals surface area (Å²) in [4.78, 5) is 13.8. The van der Waals surface area contributed by atoms with Gasteiger partial charge in [0, 0.05) is 78.8 Å². The minimum atomic E-state index is -1.00. The molecule has 12 nitrogen and oxygen atoms in total. The number of hydrogen-bond donors (Lipinski definition) is 3. The standard InChI is InChI=1S/C24H23N5OS.C18H16N4OS.C6H7N.CH3F/c31-24(25-19-5-2-1-3-6-19)26-20-10-8-18(9-11-20)23-27-22(17-12-15-30-16-13-17)21-7-4-14-29(21)28-23;24-12-19-15-5-3-14(4-6-15)18-20-17(13-7-10-23-11-8-13)16-2-1-9-22(16)21-18;7-6-4-2-1-3-5-6;1-2/h1-11,14,17H,12-13,15-16H2,(H2,25,26,31);1-6,9,13H,7-8,10-11H2;1-5H,7H2;1H3/i;;;1D. The van der Waals surface area contributed by atoms with Crippen LogP contribution in [0.5, 0.6) is 0 Å². The Bertz CT molecular complexity index is 2780. The summed E-state index contributed by atoms with van der Waals surface area (Å²) < 4.78 is 30.4. The van der Waals surface area contributed by atoms with Gasteiger partial charge in [0.2, 0.25) is 0 Å². The normalized spacial score (nSPS) is 14.0. The first-order chi connectivity index (χ1) is 31.9. The second-order valence-electron chi connectivity index (χ2n) is 14.8. The minimum Gasteiger partial charge on any atom is -0.399 e. The third-order valence-corrected chi connectivity index (χ3v) is 10.9. The van der Waals surface area contributed by atoms with Gasteiger partial charge < -0.3 is 25.8 Å². The van der Waals surface area contributed by atoms with Gasteiger partial charge in [-0.2, -0.15) is 4.99 Å². The van der Waals surface area contributed by atoms with E-state index in [0.717, 1.165) is 120 Å². The SMILES string of the molecule is Nc1ccccc1.S=C(Nc1ccccc1)Nc1ccc(-c2nc(C3CCOCC3)c3cccn3n2)cc1.S=C=Nc1ccc(-c2nc(C3CCOCC3)c3cccn3n2)cc1.[2H]CF. The summed E-state index contributed by atoms with van der Waals surface area (Å²) in [6.45, 7) is 3.16. The highest BCUT2D eigenvalue weighted by Crippen LogP contribution is 2.32. The van der Waals surface area contributed by atoms with Crippen LogP contribution in [0, 0.1) is 0 Å². The number of aromatic nitrogens is 6. The van der Waals surface area contributed by atoms with Crippen LogP contribution in [0.25, 0.3) is 33.8 Å². The molecule has 0 bridgehead atoms. The Balaban J connectivity index is 0.000000163. The highest BCUT2D eigenvalue weighted by atomic mass is 32.1. The number of isothiocyanates is 1. The van der Waals surface area contributed by atoms with Gasteiger partial charge in [-0.25, -0.2) is 19.0 Å². The van der Waals surface area contributed by atoms with Crippen LogP contribution in [-0.2, 0) is 9.47 Å². The molecule has 64 heavy (non-hydrogen) atoms. The first-order valence-electron chi connectivity index (χ1n) is 21.6. The smallest absolute Gasteiger partial charge is 0.180 e. The molecule has 0 spiro atoms. The lowest BCUT2D eigenvalue weighted by atomic mass is 9.95. The highest BCUT2D eigenvalue weighted by Gasteiger charge is 2.23. The van der Waals surface area contributed by atoms with E-state index in [-0.39, 0.29) is 0 Å². The van der Waals surface area contributed by atoms with Crippen LogP contribution in [0.4, 0.5) is 27.1 Å². The Morgan fingerprint density at radius 1 is 0.672 bits per heavy atom. The fourth-order valence-electron chi connectivity index (χ4n) is 7.41. The number of thiocarbonyl (C=S) groups is 2. The Kier molecular flexibility index (Phi) is 15.8. The van der Waals surface area contributed by atoms with Gasteiger partial charge in [-0.1, -0.05) is 36.4 Å². The van der Waals surface area contributed by atoms with Crippen molar-refractivity contribution in [3.63, 3.8) is 0 Å². The number of nitrogens with two attached hydrogens (primary N) is 1. The predicted molar refractivity (Wildman–Crippen MR) is 261 cm³/mol. The lowest BCUT2D eigenvalue weighted by molar-refractivity contribution is 0.0846. The van der Waals surface area contributed by atoms with Crippen molar-refractivity contribution in [1.82, 2.24) is 29.2 Å². The van der Waals surface area contributed by atoms with Crippen LogP contribution < -0.4 is 16.4 Å². The van der Waals surface area contributed by atoms with E-state index in [1.165, 1.54) is 0 Å². The minimum absolute atomic E-state index is 0.398. The zero-order valence-corrected chi connectivity index (χ0v) is 36.7. The summed E-state index contributed by atoms with van der Waals surface area (Å²) in [5.41, 5.74) is 15.1. The second kappa shape index (κ2) is 23.1. The fraction of sp³-hybridized carbons (Fsp3) is 0.224. The molecule has 2 aliphatic heterocycles. The van der Waals surface area contributed by atoms with E-state index >= 15 is 0 Å². The summed E-state index contributed by atoms with van der Waals surface area (Å²) in [6.07, 6.45) is 7.93. The Morgan fingerprint density at radius 2 is 1.11 bits per heavy atom. The first-order valence-corrected chi connectivity index (χ1v) is 21.7. The van der Waals surface area contributed by atoms with E-state index in [9.17, 15) is 4.39 Å². The Hall–Kier alpha value is -6.74. The molecule has 15 heteroatoms. The number of nitrogens with zero attached hydrogens (tertiary/aromatic N) is 7. The maximum absolute atomic E-state index is 9.96. The summed E-state index contributed by atoms with van der Waals surface area (Å²) in [6, 6.07) is 43.3. The molecule has 10 rings (SSSR count). The maximum Gasteiger partial charge on any atom is 0.180 e. The number of aliphatic imine (C=N–C) groups is 1. The van der Waals surface area contributed by atoms with Crippen molar-refractivity contribution >= 4 is 68.5 Å². The van der Waals surface area contributed by atoms with E-state index in [4.69, 9.17) is 43.9 Å². The van der Waals surface area contributed by atoms with Crippen molar-refractivity contribution in [2.24, 2.45) is 4.99 Å². The van der Waals surface area contributed by atoms with Crippen LogP contribution in [0.1, 0.15) is 50.3 Å². The number of ether oxygens (including phenoxy) is 2. The Morgan fingerprint density at radius 3 is 1.55 bits per heavy atom.